The number of fused-ring (bicyclic) bond motifs is 6. The molecule has 0 amide bonds. The first-order valence-electron chi connectivity index (χ1n) is 12.5. The molecule has 192 valence electrons. The van der Waals surface area contributed by atoms with Crippen molar-refractivity contribution in [2.24, 2.45) is 0 Å². The summed E-state index contributed by atoms with van der Waals surface area (Å²) in [5, 5.41) is 4.35. The molecule has 0 saturated carbocycles. The summed E-state index contributed by atoms with van der Waals surface area (Å²) in [4.78, 5) is 15.1. The van der Waals surface area contributed by atoms with E-state index in [2.05, 4.69) is 29.0 Å². The van der Waals surface area contributed by atoms with Crippen molar-refractivity contribution in [2.45, 2.75) is 0 Å². The molecule has 4 aromatic carbocycles. The Kier molecular flexibility index (Phi) is 5.63. The third-order valence-corrected chi connectivity index (χ3v) is 8.98. The van der Waals surface area contributed by atoms with Crippen molar-refractivity contribution in [1.82, 2.24) is 0 Å². The van der Waals surface area contributed by atoms with Gasteiger partial charge in [-0.15, -0.1) is 10.5 Å². The van der Waals surface area contributed by atoms with Gasteiger partial charge in [0.1, 0.15) is 0 Å². The molecule has 4 aromatic rings. The van der Waals surface area contributed by atoms with Gasteiger partial charge in [-0.1, -0.05) is 60.7 Å². The van der Waals surface area contributed by atoms with Crippen LogP contribution in [-0.2, 0) is 0 Å². The fourth-order valence-corrected chi connectivity index (χ4v) is 7.18. The molecule has 0 radical (unpaired) electrons. The Morgan fingerprint density at radius 3 is 2.44 bits per heavy atom. The molecule has 0 spiro atoms. The molecule has 3 aliphatic rings. The minimum Gasteiger partial charge on any atom is -0.493 e. The fourth-order valence-electron chi connectivity index (χ4n) is 5.33. The van der Waals surface area contributed by atoms with E-state index in [0.29, 0.717) is 34.1 Å². The van der Waals surface area contributed by atoms with Gasteiger partial charge in [0.25, 0.3) is 0 Å². The van der Waals surface area contributed by atoms with Gasteiger partial charge in [0, 0.05) is 32.7 Å². The lowest BCUT2D eigenvalue weighted by atomic mass is 9.91. The number of benzene rings is 4. The first-order chi connectivity index (χ1) is 19.2. The van der Waals surface area contributed by atoms with Crippen LogP contribution in [0.25, 0.3) is 28.2 Å². The van der Waals surface area contributed by atoms with Crippen molar-refractivity contribution >= 4 is 38.7 Å². The molecule has 7 rings (SSSR count). The zero-order valence-corrected chi connectivity index (χ0v) is 22.2. The molecule has 0 N–H and O–H groups in total. The lowest BCUT2D eigenvalue weighted by Crippen LogP contribution is -2.10. The molecular formula is C33H24O5S. The van der Waals surface area contributed by atoms with Gasteiger partial charge in [0.05, 0.1) is 14.2 Å². The van der Waals surface area contributed by atoms with Crippen LogP contribution in [-0.4, -0.2) is 32.2 Å². The van der Waals surface area contributed by atoms with E-state index in [4.69, 9.17) is 18.9 Å². The quantitative estimate of drug-likeness (QED) is 0.200. The average Bonchev–Trinajstić information content (AvgIpc) is 3.48. The zero-order valence-electron chi connectivity index (χ0n) is 21.4. The maximum Gasteiger partial charge on any atom is 0.231 e. The molecule has 3 aliphatic heterocycles. The van der Waals surface area contributed by atoms with Gasteiger partial charge in [-0.05, 0) is 51.8 Å². The van der Waals surface area contributed by atoms with E-state index in [-0.39, 0.29) is 23.1 Å². The van der Waals surface area contributed by atoms with Crippen LogP contribution in [0.15, 0.2) is 78.2 Å². The standard InChI is InChI=1S/C33H24O5S/c1-35-27-13-12-23-16-29-30-24(14-15-39(29)18-26(23)32(27)36-2)33-28(37-19-38-33)17-25(30)31(34)22-10-8-21(9-11-22)20-6-4-3-5-7-20/h3-18H,19H2,1-2H3. The first kappa shape index (κ1) is 23.6. The van der Waals surface area contributed by atoms with Gasteiger partial charge in [-0.25, -0.2) is 0 Å². The highest BCUT2D eigenvalue weighted by atomic mass is 32.2. The Labute approximate surface area is 228 Å². The van der Waals surface area contributed by atoms with E-state index >= 15 is 0 Å². The van der Waals surface area contributed by atoms with E-state index < -0.39 is 0 Å². The first-order valence-corrected chi connectivity index (χ1v) is 13.9. The van der Waals surface area contributed by atoms with Gasteiger partial charge in [-0.2, -0.15) is 0 Å². The van der Waals surface area contributed by atoms with Crippen LogP contribution in [0.5, 0.6) is 23.0 Å². The Hall–Kier alpha value is -4.55. The molecule has 5 nitrogen and oxygen atoms in total. The van der Waals surface area contributed by atoms with Crippen LogP contribution in [0, 0.1) is 0 Å². The fraction of sp³-hybridized carbons (Fsp3) is 0.0909. The predicted octanol–water partition coefficient (Wildman–Crippen LogP) is 7.25. The summed E-state index contributed by atoms with van der Waals surface area (Å²) in [6.45, 7) is 0.135. The minimum atomic E-state index is -0.384. The van der Waals surface area contributed by atoms with E-state index in [1.807, 2.05) is 66.7 Å². The number of carbonyl (C=O) groups is 1. The number of methoxy groups -OCH3 is 2. The highest BCUT2D eigenvalue weighted by Gasteiger charge is 2.32. The zero-order chi connectivity index (χ0) is 26.5. The van der Waals surface area contributed by atoms with Crippen LogP contribution in [0.2, 0.25) is 0 Å². The maximum absolute atomic E-state index is 14.1. The van der Waals surface area contributed by atoms with Gasteiger partial charge in [0.2, 0.25) is 6.79 Å². The van der Waals surface area contributed by atoms with E-state index in [1.165, 1.54) is 0 Å². The Balaban J connectivity index is 1.38. The SMILES string of the molecule is COc1ccc2c(c1OC)C=S1C=Cc3c4c(cc(C(=O)c5ccc(-c6ccccc6)cc5)c3C1=C2)OCO4. The van der Waals surface area contributed by atoms with Crippen LogP contribution in [0.1, 0.15) is 38.2 Å². The summed E-state index contributed by atoms with van der Waals surface area (Å²) in [6, 6.07) is 23.7. The van der Waals surface area contributed by atoms with E-state index in [0.717, 1.165) is 38.3 Å². The molecule has 0 fully saturated rings. The molecule has 0 saturated heterocycles. The third-order valence-electron chi connectivity index (χ3n) is 7.23. The molecule has 0 bridgehead atoms. The second-order valence-corrected chi connectivity index (χ2v) is 11.0. The lowest BCUT2D eigenvalue weighted by Gasteiger charge is -2.26. The minimum absolute atomic E-state index is 0.0537. The number of ketones is 1. The molecule has 1 atom stereocenters. The van der Waals surface area contributed by atoms with Gasteiger partial charge in [-0.3, -0.25) is 4.79 Å². The highest BCUT2D eigenvalue weighted by molar-refractivity contribution is 8.26. The maximum atomic E-state index is 14.1. The highest BCUT2D eigenvalue weighted by Crippen LogP contribution is 2.54. The van der Waals surface area contributed by atoms with E-state index in [1.54, 1.807) is 14.2 Å². The molecule has 39 heavy (non-hydrogen) atoms. The summed E-state index contributed by atoms with van der Waals surface area (Å²) in [5.41, 5.74) is 7.16. The normalized spacial score (nSPS) is 15.8. The molecule has 0 aliphatic carbocycles. The van der Waals surface area contributed by atoms with Gasteiger partial charge < -0.3 is 18.9 Å². The number of rotatable bonds is 5. The third kappa shape index (κ3) is 3.79. The van der Waals surface area contributed by atoms with Crippen LogP contribution >= 0.6 is 10.5 Å². The lowest BCUT2D eigenvalue weighted by molar-refractivity contribution is 0.103. The monoisotopic (exact) mass is 532 g/mol. The largest absolute Gasteiger partial charge is 0.493 e. The Bertz CT molecular complexity index is 1750. The number of carbonyl (C=O) groups excluding carboxylic acids is 1. The van der Waals surface area contributed by atoms with Gasteiger partial charge >= 0.3 is 0 Å². The summed E-state index contributed by atoms with van der Waals surface area (Å²) in [5.74, 6) is 2.61. The predicted molar refractivity (Wildman–Crippen MR) is 157 cm³/mol. The van der Waals surface area contributed by atoms with Gasteiger partial charge in [0.15, 0.2) is 28.8 Å². The number of ether oxygens (including phenoxy) is 4. The second kappa shape index (κ2) is 9.33. The molecule has 6 heteroatoms. The molecule has 3 heterocycles. The Morgan fingerprint density at radius 1 is 0.872 bits per heavy atom. The van der Waals surface area contributed by atoms with Crippen molar-refractivity contribution in [2.75, 3.05) is 21.0 Å². The summed E-state index contributed by atoms with van der Waals surface area (Å²) >= 11 is 0. The van der Waals surface area contributed by atoms with E-state index in [9.17, 15) is 4.79 Å². The summed E-state index contributed by atoms with van der Waals surface area (Å²) in [6.07, 6.45) is 4.20. The van der Waals surface area contributed by atoms with Crippen molar-refractivity contribution in [1.29, 1.82) is 0 Å². The van der Waals surface area contributed by atoms with Crippen LogP contribution in [0.3, 0.4) is 0 Å². The van der Waals surface area contributed by atoms with Crippen LogP contribution < -0.4 is 18.9 Å². The number of hydrogen-bond acceptors (Lipinski definition) is 5. The average molecular weight is 533 g/mol. The van der Waals surface area contributed by atoms with Crippen molar-refractivity contribution < 1.29 is 23.7 Å². The van der Waals surface area contributed by atoms with Crippen molar-refractivity contribution in [3.63, 3.8) is 0 Å². The smallest absolute Gasteiger partial charge is 0.231 e. The topological polar surface area (TPSA) is 54.0 Å². The second-order valence-electron chi connectivity index (χ2n) is 9.32. The Morgan fingerprint density at radius 2 is 1.67 bits per heavy atom. The summed E-state index contributed by atoms with van der Waals surface area (Å²) < 4.78 is 22.9. The van der Waals surface area contributed by atoms with Crippen molar-refractivity contribution in [3.05, 3.63) is 112 Å². The molecular weight excluding hydrogens is 508 g/mol. The van der Waals surface area contributed by atoms with Crippen LogP contribution in [0.4, 0.5) is 0 Å². The summed E-state index contributed by atoms with van der Waals surface area (Å²) in [7, 11) is 2.91. The van der Waals surface area contributed by atoms with Crippen molar-refractivity contribution in [3.8, 4) is 34.1 Å². The number of hydrogen-bond donors (Lipinski definition) is 0. The molecule has 0 aromatic heterocycles. The molecule has 1 unspecified atom stereocenters.